The molecule has 14 heavy (non-hydrogen) atoms. The minimum atomic E-state index is -2.89. The van der Waals surface area contributed by atoms with Crippen molar-refractivity contribution in [1.29, 1.82) is 0 Å². The second-order valence-electron chi connectivity index (χ2n) is 2.53. The predicted octanol–water partition coefficient (Wildman–Crippen LogP) is 2.01. The van der Waals surface area contributed by atoms with Gasteiger partial charge in [0.2, 0.25) is 0 Å². The van der Waals surface area contributed by atoms with Gasteiger partial charge in [0.1, 0.15) is 0 Å². The highest BCUT2D eigenvalue weighted by Crippen LogP contribution is 2.27. The Balaban J connectivity index is 2.53. The topological polar surface area (TPSA) is 61.3 Å². The Hall–Kier alpha value is -1.85. The number of hydrogen-bond donors (Lipinski definition) is 1. The second kappa shape index (κ2) is 3.13. The molecule has 0 spiro atoms. The zero-order valence-corrected chi connectivity index (χ0v) is 6.91. The van der Waals surface area contributed by atoms with Crippen LogP contribution in [0.25, 0.3) is 11.1 Å². The zero-order chi connectivity index (χ0) is 10.1. The number of fused-ring (bicyclic) bond motifs is 1. The van der Waals surface area contributed by atoms with E-state index >= 15 is 0 Å². The molecule has 0 unspecified atom stereocenters. The monoisotopic (exact) mass is 200 g/mol. The van der Waals surface area contributed by atoms with E-state index in [1.54, 1.807) is 6.07 Å². The van der Waals surface area contributed by atoms with Gasteiger partial charge in [-0.25, -0.2) is 0 Å². The van der Waals surface area contributed by atoms with Crippen LogP contribution in [0.5, 0.6) is 5.75 Å². The molecule has 0 atom stereocenters. The number of oxazole rings is 1. The lowest BCUT2D eigenvalue weighted by atomic mass is 10.3. The number of aromatic nitrogens is 1. The Morgan fingerprint density at radius 1 is 1.43 bits per heavy atom. The highest BCUT2D eigenvalue weighted by molar-refractivity contribution is 5.80. The van der Waals surface area contributed by atoms with E-state index in [2.05, 4.69) is 9.72 Å². The molecule has 0 aliphatic carbocycles. The molecular weight excluding hydrogens is 194 g/mol. The highest BCUT2D eigenvalue weighted by atomic mass is 19.3. The maximum atomic E-state index is 11.9. The molecule has 0 aliphatic heterocycles. The maximum absolute atomic E-state index is 11.9. The van der Waals surface area contributed by atoms with Crippen LogP contribution < -0.4 is 10.5 Å². The molecule has 2 rings (SSSR count). The van der Waals surface area contributed by atoms with E-state index in [0.29, 0.717) is 5.58 Å². The van der Waals surface area contributed by atoms with E-state index in [9.17, 15) is 8.78 Å². The molecular formula is C8H6F2N2O2. The van der Waals surface area contributed by atoms with Gasteiger partial charge in [-0.05, 0) is 12.1 Å². The first kappa shape index (κ1) is 8.74. The number of nitrogens with zero attached hydrogens (tertiary/aromatic N) is 1. The molecule has 0 fully saturated rings. The molecule has 1 heterocycles. The molecule has 0 radical (unpaired) electrons. The predicted molar refractivity (Wildman–Crippen MR) is 45.1 cm³/mol. The minimum absolute atomic E-state index is 0.0436. The molecule has 0 aliphatic rings. The van der Waals surface area contributed by atoms with Gasteiger partial charge in [-0.2, -0.15) is 13.8 Å². The number of nitrogens with two attached hydrogens (primary N) is 1. The van der Waals surface area contributed by atoms with Crippen molar-refractivity contribution in [2.45, 2.75) is 6.61 Å². The van der Waals surface area contributed by atoms with Gasteiger partial charge in [0.25, 0.3) is 6.01 Å². The van der Waals surface area contributed by atoms with Crippen molar-refractivity contribution in [3.63, 3.8) is 0 Å². The summed E-state index contributed by atoms with van der Waals surface area (Å²) in [6, 6.07) is 4.38. The van der Waals surface area contributed by atoms with Gasteiger partial charge in [0.15, 0.2) is 16.8 Å². The molecule has 0 saturated carbocycles. The van der Waals surface area contributed by atoms with Gasteiger partial charge in [-0.1, -0.05) is 6.07 Å². The molecule has 0 amide bonds. The summed E-state index contributed by atoms with van der Waals surface area (Å²) in [6.07, 6.45) is 0. The van der Waals surface area contributed by atoms with Crippen LogP contribution in [0.15, 0.2) is 22.6 Å². The Labute approximate surface area is 77.3 Å². The Morgan fingerprint density at radius 3 is 2.93 bits per heavy atom. The summed E-state index contributed by atoms with van der Waals surface area (Å²) in [6.45, 7) is -2.89. The number of rotatable bonds is 2. The first-order valence-electron chi connectivity index (χ1n) is 3.76. The van der Waals surface area contributed by atoms with Crippen molar-refractivity contribution in [2.24, 2.45) is 0 Å². The van der Waals surface area contributed by atoms with Crippen LogP contribution in [-0.4, -0.2) is 11.6 Å². The number of hydrogen-bond acceptors (Lipinski definition) is 4. The van der Waals surface area contributed by atoms with Crippen LogP contribution >= 0.6 is 0 Å². The first-order chi connectivity index (χ1) is 6.66. The third-order valence-electron chi connectivity index (χ3n) is 1.61. The number of ether oxygens (including phenoxy) is 1. The fourth-order valence-electron chi connectivity index (χ4n) is 1.13. The molecule has 2 N–H and O–H groups in total. The summed E-state index contributed by atoms with van der Waals surface area (Å²) in [4.78, 5) is 3.72. The lowest BCUT2D eigenvalue weighted by Gasteiger charge is -2.02. The number of para-hydroxylation sites is 1. The van der Waals surface area contributed by atoms with Gasteiger partial charge in [0, 0.05) is 0 Å². The second-order valence-corrected chi connectivity index (χ2v) is 2.53. The number of alkyl halides is 2. The van der Waals surface area contributed by atoms with E-state index in [-0.39, 0.29) is 17.3 Å². The summed E-state index contributed by atoms with van der Waals surface area (Å²) in [5.74, 6) is -0.0436. The maximum Gasteiger partial charge on any atom is 0.387 e. The average molecular weight is 200 g/mol. The van der Waals surface area contributed by atoms with Gasteiger partial charge in [-0.15, -0.1) is 0 Å². The van der Waals surface area contributed by atoms with Gasteiger partial charge in [0.05, 0.1) is 0 Å². The first-order valence-corrected chi connectivity index (χ1v) is 3.76. The number of anilines is 1. The largest absolute Gasteiger partial charge is 0.432 e. The van der Waals surface area contributed by atoms with Crippen LogP contribution in [0, 0.1) is 0 Å². The van der Waals surface area contributed by atoms with Crippen molar-refractivity contribution in [1.82, 2.24) is 4.98 Å². The fraction of sp³-hybridized carbons (Fsp3) is 0.125. The SMILES string of the molecule is Nc1nc2c(OC(F)F)cccc2o1. The molecule has 74 valence electrons. The summed E-state index contributed by atoms with van der Waals surface area (Å²) in [7, 11) is 0. The Bertz CT molecular complexity index is 456. The molecule has 6 heteroatoms. The van der Waals surface area contributed by atoms with E-state index < -0.39 is 6.61 Å². The third kappa shape index (κ3) is 1.46. The molecule has 2 aromatic rings. The van der Waals surface area contributed by atoms with Gasteiger partial charge < -0.3 is 14.9 Å². The zero-order valence-electron chi connectivity index (χ0n) is 6.91. The fourth-order valence-corrected chi connectivity index (χ4v) is 1.13. The quantitative estimate of drug-likeness (QED) is 0.805. The van der Waals surface area contributed by atoms with E-state index in [4.69, 9.17) is 10.2 Å². The molecule has 0 bridgehead atoms. The van der Waals surface area contributed by atoms with Crippen molar-refractivity contribution in [3.05, 3.63) is 18.2 Å². The van der Waals surface area contributed by atoms with E-state index in [1.807, 2.05) is 0 Å². The van der Waals surface area contributed by atoms with Crippen LogP contribution in [0.3, 0.4) is 0 Å². The van der Waals surface area contributed by atoms with E-state index in [1.165, 1.54) is 12.1 Å². The molecule has 4 nitrogen and oxygen atoms in total. The third-order valence-corrected chi connectivity index (χ3v) is 1.61. The van der Waals surface area contributed by atoms with Crippen molar-refractivity contribution < 1.29 is 17.9 Å². The number of halogens is 2. The number of benzene rings is 1. The minimum Gasteiger partial charge on any atom is -0.432 e. The number of nitrogen functional groups attached to an aromatic ring is 1. The van der Waals surface area contributed by atoms with Crippen LogP contribution in [-0.2, 0) is 0 Å². The smallest absolute Gasteiger partial charge is 0.387 e. The molecule has 0 saturated heterocycles. The molecule has 1 aromatic heterocycles. The van der Waals surface area contributed by atoms with Gasteiger partial charge in [-0.3, -0.25) is 0 Å². The standard InChI is InChI=1S/C8H6F2N2O2/c9-7(10)13-4-2-1-3-5-6(4)12-8(11)14-5/h1-3,7H,(H2,11,12). The van der Waals surface area contributed by atoms with E-state index in [0.717, 1.165) is 0 Å². The normalized spacial score (nSPS) is 11.1. The van der Waals surface area contributed by atoms with Crippen molar-refractivity contribution in [3.8, 4) is 5.75 Å². The Morgan fingerprint density at radius 2 is 2.21 bits per heavy atom. The van der Waals surface area contributed by atoms with Crippen molar-refractivity contribution in [2.75, 3.05) is 5.73 Å². The van der Waals surface area contributed by atoms with Crippen molar-refractivity contribution >= 4 is 17.1 Å². The van der Waals surface area contributed by atoms with Crippen LogP contribution in [0.4, 0.5) is 14.8 Å². The van der Waals surface area contributed by atoms with Gasteiger partial charge >= 0.3 is 6.61 Å². The highest BCUT2D eigenvalue weighted by Gasteiger charge is 2.12. The Kier molecular flexibility index (Phi) is 1.95. The summed E-state index contributed by atoms with van der Waals surface area (Å²) in [5, 5.41) is 0. The average Bonchev–Trinajstić information content (AvgIpc) is 2.45. The summed E-state index contributed by atoms with van der Waals surface area (Å²) >= 11 is 0. The lowest BCUT2D eigenvalue weighted by Crippen LogP contribution is -2.02. The summed E-state index contributed by atoms with van der Waals surface area (Å²) < 4.78 is 33.0. The van der Waals surface area contributed by atoms with Crippen LogP contribution in [0.2, 0.25) is 0 Å². The van der Waals surface area contributed by atoms with Crippen LogP contribution in [0.1, 0.15) is 0 Å². The summed E-state index contributed by atoms with van der Waals surface area (Å²) in [5.41, 5.74) is 5.79. The lowest BCUT2D eigenvalue weighted by molar-refractivity contribution is -0.0489. The molecule has 1 aromatic carbocycles.